The van der Waals surface area contributed by atoms with Gasteiger partial charge in [0, 0.05) is 5.56 Å². The minimum Gasteiger partial charge on any atom is -0.467 e. The molecule has 1 unspecified atom stereocenters. The lowest BCUT2D eigenvalue weighted by Crippen LogP contribution is -2.28. The van der Waals surface area contributed by atoms with Crippen LogP contribution in [0.2, 0.25) is 0 Å². The monoisotopic (exact) mass is 406 g/mol. The lowest BCUT2D eigenvalue weighted by Gasteiger charge is -2.10. The molecule has 0 bridgehead atoms. The second kappa shape index (κ2) is 8.13. The predicted octanol–water partition coefficient (Wildman–Crippen LogP) is 4.58. The Bertz CT molecular complexity index is 1140. The van der Waals surface area contributed by atoms with E-state index in [4.69, 9.17) is 9.40 Å². The van der Waals surface area contributed by atoms with Crippen LogP contribution in [0.5, 0.6) is 0 Å². The number of nitrogens with zero attached hydrogens (tertiary/aromatic N) is 3. The minimum atomic E-state index is -0.183. The Morgan fingerprint density at radius 3 is 2.72 bits per heavy atom. The molecule has 29 heavy (non-hydrogen) atoms. The van der Waals surface area contributed by atoms with E-state index in [-0.39, 0.29) is 17.7 Å². The van der Waals surface area contributed by atoms with Gasteiger partial charge in [-0.3, -0.25) is 4.79 Å². The maximum absolute atomic E-state index is 12.4. The van der Waals surface area contributed by atoms with Crippen LogP contribution in [0.25, 0.3) is 16.8 Å². The summed E-state index contributed by atoms with van der Waals surface area (Å²) in [6.45, 7) is 5.92. The Balaban J connectivity index is 1.60. The maximum atomic E-state index is 12.4. The van der Waals surface area contributed by atoms with Crippen molar-refractivity contribution in [3.63, 3.8) is 0 Å². The van der Waals surface area contributed by atoms with E-state index < -0.39 is 0 Å². The van der Waals surface area contributed by atoms with Crippen molar-refractivity contribution < 1.29 is 9.21 Å². The van der Waals surface area contributed by atoms with Crippen molar-refractivity contribution in [2.45, 2.75) is 32.0 Å². The number of benzene rings is 1. The maximum Gasteiger partial charge on any atom is 0.231 e. The zero-order valence-corrected chi connectivity index (χ0v) is 17.4. The largest absolute Gasteiger partial charge is 0.467 e. The minimum absolute atomic E-state index is 0.0821. The summed E-state index contributed by atoms with van der Waals surface area (Å²) in [4.78, 5) is 17.3. The van der Waals surface area contributed by atoms with Crippen molar-refractivity contribution in [3.05, 3.63) is 71.8 Å². The van der Waals surface area contributed by atoms with Gasteiger partial charge in [-0.1, -0.05) is 42.1 Å². The van der Waals surface area contributed by atoms with Crippen LogP contribution in [0.15, 0.2) is 64.4 Å². The summed E-state index contributed by atoms with van der Waals surface area (Å²) in [6, 6.07) is 15.6. The lowest BCUT2D eigenvalue weighted by atomic mass is 10.1. The Morgan fingerprint density at radius 1 is 1.21 bits per heavy atom. The zero-order chi connectivity index (χ0) is 20.4. The second-order valence-corrected chi connectivity index (χ2v) is 7.87. The molecule has 4 rings (SSSR count). The molecule has 6 nitrogen and oxygen atoms in total. The molecule has 148 valence electrons. The van der Waals surface area contributed by atoms with E-state index in [0.717, 1.165) is 33.8 Å². The van der Waals surface area contributed by atoms with E-state index in [1.165, 1.54) is 11.8 Å². The van der Waals surface area contributed by atoms with Gasteiger partial charge in [0.15, 0.2) is 5.16 Å². The van der Waals surface area contributed by atoms with Gasteiger partial charge >= 0.3 is 0 Å². The Labute approximate surface area is 173 Å². The normalized spacial score (nSPS) is 12.2. The molecular formula is C22H22N4O2S. The molecular weight excluding hydrogens is 384 g/mol. The van der Waals surface area contributed by atoms with E-state index >= 15 is 0 Å². The van der Waals surface area contributed by atoms with Crippen molar-refractivity contribution >= 4 is 23.2 Å². The Morgan fingerprint density at radius 2 is 2.00 bits per heavy atom. The molecule has 1 amide bonds. The van der Waals surface area contributed by atoms with Crippen molar-refractivity contribution in [2.75, 3.05) is 5.75 Å². The molecule has 0 aliphatic rings. The number of furan rings is 1. The van der Waals surface area contributed by atoms with Crippen LogP contribution in [0, 0.1) is 13.8 Å². The number of nitrogens with one attached hydrogen (secondary N) is 1. The quantitative estimate of drug-likeness (QED) is 0.475. The van der Waals surface area contributed by atoms with Gasteiger partial charge in [0.2, 0.25) is 5.91 Å². The number of carbonyl (C=O) groups excluding carboxylic acids is 1. The van der Waals surface area contributed by atoms with E-state index in [1.807, 2.05) is 60.8 Å². The van der Waals surface area contributed by atoms with Gasteiger partial charge in [-0.25, -0.2) is 9.50 Å². The van der Waals surface area contributed by atoms with Gasteiger partial charge in [0.1, 0.15) is 5.76 Å². The third kappa shape index (κ3) is 4.05. The fourth-order valence-electron chi connectivity index (χ4n) is 3.32. The van der Waals surface area contributed by atoms with Gasteiger partial charge in [0.25, 0.3) is 0 Å². The highest BCUT2D eigenvalue weighted by Crippen LogP contribution is 2.30. The molecule has 0 aliphatic heterocycles. The fraction of sp³-hybridized carbons (Fsp3) is 0.227. The molecule has 3 heterocycles. The van der Waals surface area contributed by atoms with Gasteiger partial charge in [-0.2, -0.15) is 5.10 Å². The van der Waals surface area contributed by atoms with E-state index in [1.54, 1.807) is 6.26 Å². The molecule has 3 aromatic heterocycles. The number of aromatic nitrogens is 3. The SMILES string of the molecule is Cc1cc(C)c2c(-c3ccccc3)nc(SCC(=O)NC(C)c3ccco3)n2n1. The van der Waals surface area contributed by atoms with Crippen molar-refractivity contribution in [2.24, 2.45) is 0 Å². The summed E-state index contributed by atoms with van der Waals surface area (Å²) in [6.07, 6.45) is 1.60. The van der Waals surface area contributed by atoms with Crippen molar-refractivity contribution in [1.82, 2.24) is 19.9 Å². The van der Waals surface area contributed by atoms with Crippen LogP contribution in [0.4, 0.5) is 0 Å². The highest BCUT2D eigenvalue weighted by atomic mass is 32.2. The summed E-state index contributed by atoms with van der Waals surface area (Å²) < 4.78 is 7.20. The molecule has 1 N–H and O–H groups in total. The number of hydrogen-bond acceptors (Lipinski definition) is 5. The van der Waals surface area contributed by atoms with Crippen LogP contribution in [-0.4, -0.2) is 26.3 Å². The number of aryl methyl sites for hydroxylation is 2. The molecule has 0 saturated heterocycles. The van der Waals surface area contributed by atoms with E-state index in [2.05, 4.69) is 23.4 Å². The molecule has 1 atom stereocenters. The highest BCUT2D eigenvalue weighted by Gasteiger charge is 2.18. The van der Waals surface area contributed by atoms with E-state index in [9.17, 15) is 4.79 Å². The van der Waals surface area contributed by atoms with Crippen LogP contribution in [-0.2, 0) is 4.79 Å². The molecule has 4 aromatic rings. The summed E-state index contributed by atoms with van der Waals surface area (Å²) in [5.74, 6) is 0.891. The average Bonchev–Trinajstić information content (AvgIpc) is 3.35. The third-order valence-corrected chi connectivity index (χ3v) is 5.54. The average molecular weight is 407 g/mol. The van der Waals surface area contributed by atoms with Gasteiger partial charge in [-0.15, -0.1) is 0 Å². The first kappa shape index (κ1) is 19.3. The van der Waals surface area contributed by atoms with Crippen molar-refractivity contribution in [1.29, 1.82) is 0 Å². The van der Waals surface area contributed by atoms with E-state index in [0.29, 0.717) is 5.16 Å². The number of hydrogen-bond donors (Lipinski definition) is 1. The van der Waals surface area contributed by atoms with Crippen LogP contribution < -0.4 is 5.32 Å². The number of amides is 1. The Kier molecular flexibility index (Phi) is 5.40. The summed E-state index contributed by atoms with van der Waals surface area (Å²) in [7, 11) is 0. The van der Waals surface area contributed by atoms with Gasteiger partial charge in [-0.05, 0) is 44.5 Å². The smallest absolute Gasteiger partial charge is 0.231 e. The highest BCUT2D eigenvalue weighted by molar-refractivity contribution is 7.99. The standard InChI is InChI=1S/C22H22N4O2S/c1-14-12-15(2)25-26-21(14)20(17-8-5-4-6-9-17)24-22(26)29-13-19(27)23-16(3)18-10-7-11-28-18/h4-12,16H,13H2,1-3H3,(H,23,27). The second-order valence-electron chi connectivity index (χ2n) is 6.93. The molecule has 0 aliphatic carbocycles. The number of carbonyl (C=O) groups is 1. The summed E-state index contributed by atoms with van der Waals surface area (Å²) in [5.41, 5.74) is 4.88. The van der Waals surface area contributed by atoms with Crippen LogP contribution in [0.3, 0.4) is 0 Å². The van der Waals surface area contributed by atoms with Crippen LogP contribution >= 0.6 is 11.8 Å². The Hall–Kier alpha value is -3.06. The predicted molar refractivity (Wildman–Crippen MR) is 114 cm³/mol. The first-order chi connectivity index (χ1) is 14.0. The third-order valence-electron chi connectivity index (χ3n) is 4.61. The van der Waals surface area contributed by atoms with Crippen LogP contribution in [0.1, 0.15) is 30.0 Å². The molecule has 7 heteroatoms. The molecule has 1 aromatic carbocycles. The molecule has 0 spiro atoms. The number of imidazole rings is 1. The zero-order valence-electron chi connectivity index (χ0n) is 16.5. The van der Waals surface area contributed by atoms with Gasteiger partial charge < -0.3 is 9.73 Å². The first-order valence-corrected chi connectivity index (χ1v) is 10.4. The summed E-state index contributed by atoms with van der Waals surface area (Å²) in [5, 5.41) is 8.30. The summed E-state index contributed by atoms with van der Waals surface area (Å²) >= 11 is 1.38. The number of thioether (sulfide) groups is 1. The lowest BCUT2D eigenvalue weighted by molar-refractivity contribution is -0.119. The fourth-order valence-corrected chi connectivity index (χ4v) is 4.07. The first-order valence-electron chi connectivity index (χ1n) is 9.41. The number of fused-ring (bicyclic) bond motifs is 1. The van der Waals surface area contributed by atoms with Gasteiger partial charge in [0.05, 0.1) is 35.0 Å². The van der Waals surface area contributed by atoms with Crippen molar-refractivity contribution in [3.8, 4) is 11.3 Å². The molecule has 0 saturated carbocycles. The molecule has 0 radical (unpaired) electrons. The molecule has 0 fully saturated rings. The topological polar surface area (TPSA) is 72.4 Å². The number of rotatable bonds is 6.